The zero-order chi connectivity index (χ0) is 9.68. The fourth-order valence-electron chi connectivity index (χ4n) is 0.744. The van der Waals surface area contributed by atoms with Crippen LogP contribution in [0.1, 0.15) is 0 Å². The van der Waals surface area contributed by atoms with E-state index in [0.29, 0.717) is 11.4 Å². The van der Waals surface area contributed by atoms with E-state index in [-0.39, 0.29) is 5.02 Å². The third kappa shape index (κ3) is 2.31. The first-order chi connectivity index (χ1) is 6.27. The number of benzene rings is 1. The van der Waals surface area contributed by atoms with Crippen molar-refractivity contribution in [3.63, 3.8) is 0 Å². The summed E-state index contributed by atoms with van der Waals surface area (Å²) in [7, 11) is 0. The quantitative estimate of drug-likeness (QED) is 0.412. The predicted octanol–water partition coefficient (Wildman–Crippen LogP) is 2.17. The Labute approximate surface area is 79.0 Å². The number of rotatable bonds is 2. The molecule has 0 spiro atoms. The smallest absolute Gasteiger partial charge is 0.292 e. The number of isocyanates is 1. The van der Waals surface area contributed by atoms with E-state index >= 15 is 0 Å². The first kappa shape index (κ1) is 9.27. The van der Waals surface area contributed by atoms with Gasteiger partial charge in [0.1, 0.15) is 5.75 Å². The van der Waals surface area contributed by atoms with Crippen molar-refractivity contribution in [1.82, 2.24) is 0 Å². The van der Waals surface area contributed by atoms with Crippen LogP contribution in [-0.2, 0) is 4.79 Å². The largest absolute Gasteiger partial charge is 0.388 e. The zero-order valence-electron chi connectivity index (χ0n) is 6.32. The Balaban J connectivity index is 3.06. The van der Waals surface area contributed by atoms with Crippen molar-refractivity contribution < 1.29 is 9.53 Å². The molecule has 0 unspecified atom stereocenters. The maximum Gasteiger partial charge on any atom is 0.292 e. The highest BCUT2D eigenvalue weighted by Crippen LogP contribution is 2.28. The summed E-state index contributed by atoms with van der Waals surface area (Å²) in [4.78, 5) is 13.2. The van der Waals surface area contributed by atoms with Crippen molar-refractivity contribution >= 4 is 23.4 Å². The van der Waals surface area contributed by atoms with Gasteiger partial charge in [-0.25, -0.2) is 4.79 Å². The van der Waals surface area contributed by atoms with E-state index < -0.39 is 0 Å². The molecule has 0 N–H and O–H groups in total. The minimum absolute atomic E-state index is 0.233. The maximum atomic E-state index is 9.90. The van der Waals surface area contributed by atoms with Crippen LogP contribution in [0.25, 0.3) is 0 Å². The minimum Gasteiger partial charge on any atom is -0.388 e. The summed E-state index contributed by atoms with van der Waals surface area (Å²) >= 11 is 5.68. The van der Waals surface area contributed by atoms with Crippen LogP contribution in [0.2, 0.25) is 5.02 Å². The lowest BCUT2D eigenvalue weighted by molar-refractivity contribution is 0.507. The molecule has 0 saturated carbocycles. The van der Waals surface area contributed by atoms with Gasteiger partial charge in [-0.05, 0) is 12.1 Å². The summed E-state index contributed by atoms with van der Waals surface area (Å²) in [5.41, 5.74) is 0.293. The Morgan fingerprint density at radius 2 is 2.31 bits per heavy atom. The lowest BCUT2D eigenvalue weighted by atomic mass is 10.3. The molecule has 0 aliphatic heterocycles. The Morgan fingerprint density at radius 1 is 1.54 bits per heavy atom. The van der Waals surface area contributed by atoms with Gasteiger partial charge >= 0.3 is 0 Å². The Bertz CT molecular complexity index is 405. The van der Waals surface area contributed by atoms with Gasteiger partial charge in [0, 0.05) is 6.07 Å². The molecule has 64 valence electrons. The third-order valence-corrected chi connectivity index (χ3v) is 1.55. The number of halogens is 1. The predicted molar refractivity (Wildman–Crippen MR) is 45.5 cm³/mol. The molecule has 0 radical (unpaired) electrons. The van der Waals surface area contributed by atoms with Crippen molar-refractivity contribution in [2.75, 3.05) is 0 Å². The second-order valence-electron chi connectivity index (χ2n) is 2.01. The summed E-state index contributed by atoms with van der Waals surface area (Å²) in [6, 6.07) is 4.33. The van der Waals surface area contributed by atoms with Crippen molar-refractivity contribution in [1.29, 1.82) is 5.26 Å². The molecule has 0 aliphatic carbocycles. The molecule has 0 aromatic heterocycles. The van der Waals surface area contributed by atoms with Gasteiger partial charge in [-0.3, -0.25) is 0 Å². The standard InChI is InChI=1S/C8H3ClN2O2/c9-7-3-6(13-4-10)1-2-8(7)11-5-12/h1-3H. The van der Waals surface area contributed by atoms with Gasteiger partial charge in [-0.1, -0.05) is 11.6 Å². The lowest BCUT2D eigenvalue weighted by Crippen LogP contribution is -1.80. The van der Waals surface area contributed by atoms with Crippen LogP contribution in [0, 0.1) is 11.5 Å². The number of carbonyl (C=O) groups excluding carboxylic acids is 1. The molecule has 13 heavy (non-hydrogen) atoms. The second-order valence-corrected chi connectivity index (χ2v) is 2.42. The summed E-state index contributed by atoms with van der Waals surface area (Å²) in [5, 5.41) is 8.41. The average molecular weight is 195 g/mol. The third-order valence-electron chi connectivity index (χ3n) is 1.25. The maximum absolute atomic E-state index is 9.90. The fourth-order valence-corrected chi connectivity index (χ4v) is 0.956. The monoisotopic (exact) mass is 194 g/mol. The van der Waals surface area contributed by atoms with Crippen molar-refractivity contribution in [2.24, 2.45) is 4.99 Å². The van der Waals surface area contributed by atoms with E-state index in [9.17, 15) is 4.79 Å². The van der Waals surface area contributed by atoms with Gasteiger partial charge in [0.2, 0.25) is 6.08 Å². The number of hydrogen-bond donors (Lipinski definition) is 0. The summed E-state index contributed by atoms with van der Waals surface area (Å²) < 4.78 is 4.50. The van der Waals surface area contributed by atoms with Crippen molar-refractivity contribution in [3.05, 3.63) is 23.2 Å². The summed E-state index contributed by atoms with van der Waals surface area (Å²) in [6.45, 7) is 0. The number of nitrogens with zero attached hydrogens (tertiary/aromatic N) is 2. The normalized spacial score (nSPS) is 8.31. The highest BCUT2D eigenvalue weighted by molar-refractivity contribution is 6.33. The molecule has 0 atom stereocenters. The van der Waals surface area contributed by atoms with Crippen LogP contribution in [-0.4, -0.2) is 6.08 Å². The number of aliphatic imine (C=N–C) groups is 1. The van der Waals surface area contributed by atoms with Crippen LogP contribution in [0.15, 0.2) is 23.2 Å². The number of nitriles is 1. The zero-order valence-corrected chi connectivity index (χ0v) is 7.08. The molecule has 5 heteroatoms. The van der Waals surface area contributed by atoms with E-state index in [1.165, 1.54) is 30.5 Å². The molecule has 0 bridgehead atoms. The summed E-state index contributed by atoms with van der Waals surface area (Å²) in [6.07, 6.45) is 2.86. The summed E-state index contributed by atoms with van der Waals surface area (Å²) in [5.74, 6) is 0.303. The molecule has 0 aliphatic rings. The van der Waals surface area contributed by atoms with Crippen molar-refractivity contribution in [2.45, 2.75) is 0 Å². The average Bonchev–Trinajstić information content (AvgIpc) is 2.10. The molecule has 0 saturated heterocycles. The molecule has 4 nitrogen and oxygen atoms in total. The van der Waals surface area contributed by atoms with E-state index in [4.69, 9.17) is 16.9 Å². The SMILES string of the molecule is N#COc1ccc(N=C=O)c(Cl)c1. The highest BCUT2D eigenvalue weighted by atomic mass is 35.5. The second kappa shape index (κ2) is 4.27. The molecular formula is C8H3ClN2O2. The van der Waals surface area contributed by atoms with Gasteiger partial charge in [0.05, 0.1) is 10.7 Å². The Morgan fingerprint density at radius 3 is 2.85 bits per heavy atom. The lowest BCUT2D eigenvalue weighted by Gasteiger charge is -1.97. The molecule has 0 fully saturated rings. The Kier molecular flexibility index (Phi) is 3.04. The number of ether oxygens (including phenoxy) is 1. The molecule has 0 heterocycles. The first-order valence-electron chi connectivity index (χ1n) is 3.21. The van der Waals surface area contributed by atoms with Crippen LogP contribution >= 0.6 is 11.6 Å². The molecule has 1 rings (SSSR count). The van der Waals surface area contributed by atoms with E-state index in [2.05, 4.69) is 9.73 Å². The van der Waals surface area contributed by atoms with Crippen LogP contribution < -0.4 is 4.74 Å². The first-order valence-corrected chi connectivity index (χ1v) is 3.59. The van der Waals surface area contributed by atoms with E-state index in [0.717, 1.165) is 0 Å². The van der Waals surface area contributed by atoms with Gasteiger partial charge in [-0.2, -0.15) is 4.99 Å². The fraction of sp³-hybridized carbons (Fsp3) is 0. The van der Waals surface area contributed by atoms with Gasteiger partial charge in [-0.15, -0.1) is 5.26 Å². The van der Waals surface area contributed by atoms with E-state index in [1.807, 2.05) is 0 Å². The molecule has 0 amide bonds. The highest BCUT2D eigenvalue weighted by Gasteiger charge is 2.00. The van der Waals surface area contributed by atoms with Gasteiger partial charge in [0.25, 0.3) is 6.26 Å². The minimum atomic E-state index is 0.233. The topological polar surface area (TPSA) is 62.4 Å². The van der Waals surface area contributed by atoms with E-state index in [1.54, 1.807) is 0 Å². The number of hydrogen-bond acceptors (Lipinski definition) is 4. The van der Waals surface area contributed by atoms with Gasteiger partial charge < -0.3 is 4.74 Å². The molecule has 1 aromatic rings. The van der Waals surface area contributed by atoms with Gasteiger partial charge in [0.15, 0.2) is 0 Å². The van der Waals surface area contributed by atoms with Crippen LogP contribution in [0.4, 0.5) is 5.69 Å². The molecular weight excluding hydrogens is 192 g/mol. The van der Waals surface area contributed by atoms with Crippen LogP contribution in [0.5, 0.6) is 5.75 Å². The van der Waals surface area contributed by atoms with Crippen molar-refractivity contribution in [3.8, 4) is 12.0 Å². The van der Waals surface area contributed by atoms with Crippen LogP contribution in [0.3, 0.4) is 0 Å². The molecule has 1 aromatic carbocycles. The Hall–Kier alpha value is -1.82.